The van der Waals surface area contributed by atoms with Crippen LogP contribution in [0.25, 0.3) is 0 Å². The smallest absolute Gasteiger partial charge is 0.265 e. The summed E-state index contributed by atoms with van der Waals surface area (Å²) < 4.78 is 1.43. The fourth-order valence-corrected chi connectivity index (χ4v) is 1.51. The Bertz CT molecular complexity index is 378. The predicted octanol–water partition coefficient (Wildman–Crippen LogP) is 1.10. The Morgan fingerprint density at radius 1 is 1.64 bits per heavy atom. The normalized spacial score (nSPS) is 9.18. The maximum absolute atomic E-state index is 11.0. The van der Waals surface area contributed by atoms with E-state index in [-0.39, 0.29) is 4.60 Å². The van der Waals surface area contributed by atoms with Gasteiger partial charge in [-0.05, 0) is 31.9 Å². The number of hydrogen-bond donors (Lipinski definition) is 0. The molecule has 1 aromatic rings. The first-order valence-electron chi connectivity index (χ1n) is 2.50. The van der Waals surface area contributed by atoms with Crippen LogP contribution in [0, 0.1) is 11.5 Å². The third-order valence-corrected chi connectivity index (χ3v) is 1.84. The van der Waals surface area contributed by atoms with Crippen molar-refractivity contribution in [1.82, 2.24) is 9.55 Å². The van der Waals surface area contributed by atoms with Crippen molar-refractivity contribution >= 4 is 31.9 Å². The highest BCUT2D eigenvalue weighted by Gasteiger charge is 2.02. The Hall–Kier alpha value is -0.670. The largest absolute Gasteiger partial charge is 0.296 e. The topological polar surface area (TPSA) is 58.7 Å². The molecule has 1 aromatic heterocycles. The molecule has 0 unspecified atom stereocenters. The lowest BCUT2D eigenvalue weighted by Crippen LogP contribution is -2.17. The quantitative estimate of drug-likeness (QED) is 0.714. The maximum Gasteiger partial charge on any atom is 0.296 e. The van der Waals surface area contributed by atoms with E-state index >= 15 is 0 Å². The van der Waals surface area contributed by atoms with Crippen LogP contribution >= 0.6 is 31.9 Å². The van der Waals surface area contributed by atoms with E-state index in [0.29, 0.717) is 4.60 Å². The van der Waals surface area contributed by atoms with Crippen LogP contribution in [-0.2, 0) is 0 Å². The fourth-order valence-electron chi connectivity index (χ4n) is 0.509. The lowest BCUT2D eigenvalue weighted by Gasteiger charge is -1.93. The molecule has 0 fully saturated rings. The van der Waals surface area contributed by atoms with Crippen LogP contribution in [0.3, 0.4) is 0 Å². The molecule has 0 amide bonds. The zero-order valence-electron chi connectivity index (χ0n) is 5.08. The first-order chi connectivity index (χ1) is 5.15. The van der Waals surface area contributed by atoms with E-state index < -0.39 is 5.56 Å². The summed E-state index contributed by atoms with van der Waals surface area (Å²) in [7, 11) is 0. The van der Waals surface area contributed by atoms with Gasteiger partial charge in [0.2, 0.25) is 0 Å². The van der Waals surface area contributed by atoms with Gasteiger partial charge in [-0.25, -0.2) is 9.55 Å². The van der Waals surface area contributed by atoms with Crippen molar-refractivity contribution in [3.8, 4) is 6.19 Å². The maximum atomic E-state index is 11.0. The molecule has 0 bridgehead atoms. The third-order valence-electron chi connectivity index (χ3n) is 0.944. The standard InChI is InChI=1S/C5HBr2N3O/c6-3-1-10(2-8)5(11)4(7)9-3/h1H. The minimum atomic E-state index is -0.462. The molecule has 0 radical (unpaired) electrons. The molecule has 1 rings (SSSR count). The summed E-state index contributed by atoms with van der Waals surface area (Å²) in [5.41, 5.74) is -0.462. The van der Waals surface area contributed by atoms with Crippen molar-refractivity contribution in [2.24, 2.45) is 0 Å². The molecule has 6 heteroatoms. The summed E-state index contributed by atoms with van der Waals surface area (Å²) >= 11 is 5.95. The number of hydrogen-bond acceptors (Lipinski definition) is 3. The number of rotatable bonds is 0. The van der Waals surface area contributed by atoms with Crippen LogP contribution in [0.2, 0.25) is 0 Å². The van der Waals surface area contributed by atoms with Crippen LogP contribution in [0.4, 0.5) is 0 Å². The molecular formula is C5HBr2N3O. The van der Waals surface area contributed by atoms with Gasteiger partial charge in [-0.3, -0.25) is 4.79 Å². The molecule has 0 aromatic carbocycles. The van der Waals surface area contributed by atoms with Crippen molar-refractivity contribution in [2.45, 2.75) is 0 Å². The highest BCUT2D eigenvalue weighted by atomic mass is 79.9. The van der Waals surface area contributed by atoms with Gasteiger partial charge in [-0.1, -0.05) is 0 Å². The molecule has 4 nitrogen and oxygen atoms in total. The third kappa shape index (κ3) is 1.67. The summed E-state index contributed by atoms with van der Waals surface area (Å²) in [5, 5.41) is 8.41. The fraction of sp³-hybridized carbons (Fsp3) is 0. The first kappa shape index (κ1) is 8.43. The second-order valence-corrected chi connectivity index (χ2v) is 3.19. The molecule has 0 N–H and O–H groups in total. The minimum Gasteiger partial charge on any atom is -0.265 e. The number of nitrogens with zero attached hydrogens (tertiary/aromatic N) is 3. The van der Waals surface area contributed by atoms with Gasteiger partial charge in [0.25, 0.3) is 5.56 Å². The van der Waals surface area contributed by atoms with Crippen LogP contribution in [-0.4, -0.2) is 9.55 Å². The Labute approximate surface area is 78.7 Å². The second-order valence-electron chi connectivity index (χ2n) is 1.63. The highest BCUT2D eigenvalue weighted by Crippen LogP contribution is 2.06. The minimum absolute atomic E-state index is 0.119. The summed E-state index contributed by atoms with van der Waals surface area (Å²) in [4.78, 5) is 14.7. The van der Waals surface area contributed by atoms with Crippen molar-refractivity contribution < 1.29 is 0 Å². The molecule has 0 spiro atoms. The SMILES string of the molecule is N#Cn1cc(Br)nc(Br)c1=O. The molecular weight excluding hydrogens is 278 g/mol. The number of aromatic nitrogens is 2. The number of halogens is 2. The first-order valence-corrected chi connectivity index (χ1v) is 4.08. The van der Waals surface area contributed by atoms with Crippen molar-refractivity contribution in [3.05, 3.63) is 25.8 Å². The zero-order valence-corrected chi connectivity index (χ0v) is 8.26. The van der Waals surface area contributed by atoms with Crippen LogP contribution in [0.15, 0.2) is 20.2 Å². The van der Waals surface area contributed by atoms with Crippen LogP contribution < -0.4 is 5.56 Å². The van der Waals surface area contributed by atoms with E-state index in [1.54, 1.807) is 6.19 Å². The van der Waals surface area contributed by atoms with Crippen molar-refractivity contribution in [3.63, 3.8) is 0 Å². The second kappa shape index (κ2) is 3.15. The monoisotopic (exact) mass is 277 g/mol. The Balaban J connectivity index is 3.52. The van der Waals surface area contributed by atoms with E-state index in [1.165, 1.54) is 6.20 Å². The molecule has 0 atom stereocenters. The average Bonchev–Trinajstić information content (AvgIpc) is 1.96. The van der Waals surface area contributed by atoms with Crippen molar-refractivity contribution in [1.29, 1.82) is 5.26 Å². The van der Waals surface area contributed by atoms with Crippen molar-refractivity contribution in [2.75, 3.05) is 0 Å². The summed E-state index contributed by atoms with van der Waals surface area (Å²) in [6, 6.07) is 0. The van der Waals surface area contributed by atoms with E-state index in [2.05, 4.69) is 36.8 Å². The average molecular weight is 279 g/mol. The molecule has 56 valence electrons. The van der Waals surface area contributed by atoms with Gasteiger partial charge in [-0.2, -0.15) is 5.26 Å². The van der Waals surface area contributed by atoms with Gasteiger partial charge in [0.1, 0.15) is 4.60 Å². The Morgan fingerprint density at radius 2 is 2.27 bits per heavy atom. The molecule has 1 heterocycles. The molecule has 0 aliphatic carbocycles. The molecule has 0 aliphatic heterocycles. The van der Waals surface area contributed by atoms with Gasteiger partial charge in [0, 0.05) is 0 Å². The van der Waals surface area contributed by atoms with Gasteiger partial charge in [-0.15, -0.1) is 0 Å². The Morgan fingerprint density at radius 3 is 2.82 bits per heavy atom. The lowest BCUT2D eigenvalue weighted by atomic mass is 10.7. The molecule has 11 heavy (non-hydrogen) atoms. The Kier molecular flexibility index (Phi) is 2.42. The van der Waals surface area contributed by atoms with Crippen LogP contribution in [0.5, 0.6) is 0 Å². The predicted molar refractivity (Wildman–Crippen MR) is 44.9 cm³/mol. The van der Waals surface area contributed by atoms with E-state index in [4.69, 9.17) is 5.26 Å². The van der Waals surface area contributed by atoms with Crippen LogP contribution in [0.1, 0.15) is 0 Å². The van der Waals surface area contributed by atoms with Gasteiger partial charge < -0.3 is 0 Å². The molecule has 0 saturated heterocycles. The number of nitriles is 1. The lowest BCUT2D eigenvalue weighted by molar-refractivity contribution is 0.939. The summed E-state index contributed by atoms with van der Waals surface area (Å²) in [6.07, 6.45) is 2.98. The van der Waals surface area contributed by atoms with Gasteiger partial charge in [0.05, 0.1) is 6.20 Å². The van der Waals surface area contributed by atoms with Gasteiger partial charge >= 0.3 is 0 Å². The van der Waals surface area contributed by atoms with E-state index in [1.807, 2.05) is 0 Å². The van der Waals surface area contributed by atoms with E-state index in [0.717, 1.165) is 4.57 Å². The summed E-state index contributed by atoms with van der Waals surface area (Å²) in [5.74, 6) is 0. The molecule has 0 saturated carbocycles. The molecule has 0 aliphatic rings. The zero-order chi connectivity index (χ0) is 8.43. The van der Waals surface area contributed by atoms with Gasteiger partial charge in [0.15, 0.2) is 10.8 Å². The highest BCUT2D eigenvalue weighted by molar-refractivity contribution is 9.11. The van der Waals surface area contributed by atoms with E-state index in [9.17, 15) is 4.79 Å². The summed E-state index contributed by atoms with van der Waals surface area (Å²) in [6.45, 7) is 0.